The Morgan fingerprint density at radius 1 is 1.10 bits per heavy atom. The molecule has 114 valence electrons. The van der Waals surface area contributed by atoms with Gasteiger partial charge in [-0.2, -0.15) is 0 Å². The normalized spacial score (nSPS) is 33.5. The number of aliphatic hydroxyl groups excluding tert-OH is 1. The minimum Gasteiger partial charge on any atom is -0.454 e. The molecule has 0 unspecified atom stereocenters. The summed E-state index contributed by atoms with van der Waals surface area (Å²) in [6.07, 6.45) is 0.423. The number of benzene rings is 1. The van der Waals surface area contributed by atoms with Gasteiger partial charge >= 0.3 is 0 Å². The zero-order valence-electron chi connectivity index (χ0n) is 11.7. The van der Waals surface area contributed by atoms with Crippen LogP contribution >= 0.6 is 0 Å². The molecule has 1 aromatic carbocycles. The van der Waals surface area contributed by atoms with Crippen LogP contribution < -0.4 is 15.2 Å². The van der Waals surface area contributed by atoms with Crippen LogP contribution in [0.5, 0.6) is 11.5 Å². The Labute approximate surface area is 122 Å². The first-order chi connectivity index (χ1) is 10.2. The van der Waals surface area contributed by atoms with Gasteiger partial charge in [0.2, 0.25) is 6.79 Å². The number of rotatable bonds is 1. The van der Waals surface area contributed by atoms with Crippen molar-refractivity contribution in [3.05, 3.63) is 23.8 Å². The first-order valence-corrected chi connectivity index (χ1v) is 7.28. The van der Waals surface area contributed by atoms with Crippen LogP contribution in [0.4, 0.5) is 0 Å². The van der Waals surface area contributed by atoms with E-state index in [0.29, 0.717) is 26.1 Å². The van der Waals surface area contributed by atoms with Crippen molar-refractivity contribution in [2.24, 2.45) is 5.73 Å². The van der Waals surface area contributed by atoms with Crippen LogP contribution in [0, 0.1) is 0 Å². The van der Waals surface area contributed by atoms with Crippen LogP contribution in [0.25, 0.3) is 0 Å². The number of aliphatic hydroxyl groups is 1. The summed E-state index contributed by atoms with van der Waals surface area (Å²) in [4.78, 5) is 0. The molecule has 1 saturated carbocycles. The van der Waals surface area contributed by atoms with Crippen LogP contribution in [0.1, 0.15) is 24.3 Å². The van der Waals surface area contributed by atoms with Crippen molar-refractivity contribution in [1.82, 2.24) is 0 Å². The molecule has 21 heavy (non-hydrogen) atoms. The summed E-state index contributed by atoms with van der Waals surface area (Å²) >= 11 is 0. The van der Waals surface area contributed by atoms with Gasteiger partial charge in [0.1, 0.15) is 0 Å². The molecule has 0 aromatic heterocycles. The molecule has 6 nitrogen and oxygen atoms in total. The first-order valence-electron chi connectivity index (χ1n) is 7.28. The number of fused-ring (bicyclic) bond motifs is 1. The number of ether oxygens (including phenoxy) is 4. The highest BCUT2D eigenvalue weighted by Crippen LogP contribution is 2.44. The van der Waals surface area contributed by atoms with Gasteiger partial charge in [-0.25, -0.2) is 0 Å². The lowest BCUT2D eigenvalue weighted by atomic mass is 9.75. The molecule has 3 atom stereocenters. The molecule has 6 heteroatoms. The van der Waals surface area contributed by atoms with Gasteiger partial charge in [0.05, 0.1) is 19.3 Å². The summed E-state index contributed by atoms with van der Waals surface area (Å²) in [6.45, 7) is 1.37. The Balaban J connectivity index is 1.65. The summed E-state index contributed by atoms with van der Waals surface area (Å²) in [5, 5.41) is 10.3. The topological polar surface area (TPSA) is 83.2 Å². The molecule has 1 aliphatic carbocycles. The van der Waals surface area contributed by atoms with Crippen molar-refractivity contribution >= 4 is 0 Å². The van der Waals surface area contributed by atoms with Crippen LogP contribution in [0.2, 0.25) is 0 Å². The van der Waals surface area contributed by atoms with Gasteiger partial charge < -0.3 is 29.8 Å². The fourth-order valence-corrected chi connectivity index (χ4v) is 3.49. The molecular formula is C15H19NO5. The van der Waals surface area contributed by atoms with E-state index in [-0.39, 0.29) is 18.8 Å². The third kappa shape index (κ3) is 2.19. The molecule has 2 heterocycles. The highest BCUT2D eigenvalue weighted by atomic mass is 16.7. The molecule has 3 N–H and O–H groups in total. The summed E-state index contributed by atoms with van der Waals surface area (Å²) in [5.74, 6) is 0.728. The van der Waals surface area contributed by atoms with Crippen molar-refractivity contribution < 1.29 is 24.1 Å². The molecule has 0 radical (unpaired) electrons. The molecule has 0 bridgehead atoms. The van der Waals surface area contributed by atoms with Gasteiger partial charge in [-0.05, 0) is 17.7 Å². The molecule has 3 aliphatic rings. The second-order valence-corrected chi connectivity index (χ2v) is 5.88. The summed E-state index contributed by atoms with van der Waals surface area (Å²) < 4.78 is 22.3. The quantitative estimate of drug-likeness (QED) is 0.794. The molecule has 1 saturated heterocycles. The van der Waals surface area contributed by atoms with Gasteiger partial charge in [0, 0.05) is 24.8 Å². The van der Waals surface area contributed by atoms with Crippen LogP contribution in [-0.2, 0) is 9.47 Å². The maximum absolute atomic E-state index is 10.3. The Morgan fingerprint density at radius 2 is 1.86 bits per heavy atom. The van der Waals surface area contributed by atoms with E-state index in [1.165, 1.54) is 0 Å². The zero-order chi connectivity index (χ0) is 14.4. The average molecular weight is 293 g/mol. The lowest BCUT2D eigenvalue weighted by Gasteiger charge is -2.42. The van der Waals surface area contributed by atoms with E-state index in [4.69, 9.17) is 24.7 Å². The lowest BCUT2D eigenvalue weighted by Crippen LogP contribution is -2.53. The molecule has 2 aliphatic heterocycles. The summed E-state index contributed by atoms with van der Waals surface area (Å²) in [6, 6.07) is 5.45. The van der Waals surface area contributed by atoms with E-state index >= 15 is 0 Å². The van der Waals surface area contributed by atoms with Crippen molar-refractivity contribution in [2.45, 2.75) is 36.7 Å². The molecular weight excluding hydrogens is 274 g/mol. The van der Waals surface area contributed by atoms with Crippen molar-refractivity contribution in [3.63, 3.8) is 0 Å². The van der Waals surface area contributed by atoms with Gasteiger partial charge in [-0.3, -0.25) is 0 Å². The molecule has 2 fully saturated rings. The van der Waals surface area contributed by atoms with Crippen molar-refractivity contribution in [2.75, 3.05) is 20.0 Å². The fraction of sp³-hybridized carbons (Fsp3) is 0.600. The van der Waals surface area contributed by atoms with Gasteiger partial charge in [-0.15, -0.1) is 0 Å². The second-order valence-electron chi connectivity index (χ2n) is 5.88. The Bertz CT molecular complexity index is 543. The Morgan fingerprint density at radius 3 is 2.67 bits per heavy atom. The van der Waals surface area contributed by atoms with Gasteiger partial charge in [-0.1, -0.05) is 6.07 Å². The standard InChI is InChI=1S/C15H19NO5/c16-14-10(6-15(7-11(14)17)20-3-4-21-15)9-1-2-12-13(5-9)19-8-18-12/h1-2,5,10-11,14,17H,3-4,6-8,16H2/t10-,11+,14-/m1/s1. The predicted octanol–water partition coefficient (Wildman–Crippen LogP) is 0.724. The largest absolute Gasteiger partial charge is 0.454 e. The zero-order valence-corrected chi connectivity index (χ0v) is 11.7. The second kappa shape index (κ2) is 4.84. The monoisotopic (exact) mass is 293 g/mol. The minimum absolute atomic E-state index is 0.0404. The SMILES string of the molecule is N[C@@H]1[C@@H](c2ccc3c(c2)OCO3)CC2(C[C@@H]1O)OCCO2. The van der Waals surface area contributed by atoms with Gasteiger partial charge in [0.15, 0.2) is 17.3 Å². The maximum atomic E-state index is 10.3. The Kier molecular flexibility index (Phi) is 3.08. The number of hydrogen-bond donors (Lipinski definition) is 2. The van der Waals surface area contributed by atoms with E-state index in [0.717, 1.165) is 17.1 Å². The van der Waals surface area contributed by atoms with Crippen LogP contribution in [0.15, 0.2) is 18.2 Å². The smallest absolute Gasteiger partial charge is 0.231 e. The highest BCUT2D eigenvalue weighted by molar-refractivity contribution is 5.46. The van der Waals surface area contributed by atoms with Crippen molar-refractivity contribution in [3.8, 4) is 11.5 Å². The van der Waals surface area contributed by atoms with Gasteiger partial charge in [0.25, 0.3) is 0 Å². The highest BCUT2D eigenvalue weighted by Gasteiger charge is 2.48. The third-order valence-corrected chi connectivity index (χ3v) is 4.60. The molecule has 4 rings (SSSR count). The molecule has 1 aromatic rings. The summed E-state index contributed by atoms with van der Waals surface area (Å²) in [7, 11) is 0. The van der Waals surface area contributed by atoms with E-state index < -0.39 is 11.9 Å². The minimum atomic E-state index is -0.698. The fourth-order valence-electron chi connectivity index (χ4n) is 3.49. The van der Waals surface area contributed by atoms with E-state index in [9.17, 15) is 5.11 Å². The number of hydrogen-bond acceptors (Lipinski definition) is 6. The van der Waals surface area contributed by atoms with E-state index in [1.54, 1.807) is 0 Å². The van der Waals surface area contributed by atoms with Crippen LogP contribution in [0.3, 0.4) is 0 Å². The van der Waals surface area contributed by atoms with Crippen molar-refractivity contribution in [1.29, 1.82) is 0 Å². The molecule has 1 spiro atoms. The maximum Gasteiger partial charge on any atom is 0.231 e. The van der Waals surface area contributed by atoms with E-state index in [2.05, 4.69) is 0 Å². The lowest BCUT2D eigenvalue weighted by molar-refractivity contribution is -0.202. The molecule has 0 amide bonds. The number of nitrogens with two attached hydrogens (primary N) is 1. The van der Waals surface area contributed by atoms with E-state index in [1.807, 2.05) is 18.2 Å². The van der Waals surface area contributed by atoms with Crippen LogP contribution in [-0.4, -0.2) is 43.0 Å². The Hall–Kier alpha value is -1.34. The predicted molar refractivity (Wildman–Crippen MR) is 73.2 cm³/mol. The third-order valence-electron chi connectivity index (χ3n) is 4.60. The first kappa shape index (κ1) is 13.3. The summed E-state index contributed by atoms with van der Waals surface area (Å²) in [5.41, 5.74) is 7.24. The average Bonchev–Trinajstić information content (AvgIpc) is 3.11.